The molecule has 8 heteroatoms. The molecule has 0 saturated carbocycles. The molecule has 1 aliphatic rings. The minimum Gasteiger partial charge on any atom is -0.340 e. The molecule has 3 rings (SSSR count). The van der Waals surface area contributed by atoms with Crippen molar-refractivity contribution in [3.05, 3.63) is 57.6 Å². The van der Waals surface area contributed by atoms with Crippen LogP contribution in [-0.2, 0) is 11.2 Å². The first-order valence-corrected chi connectivity index (χ1v) is 8.56. The molecular formula is C17H16Cl2FN3O2. The number of nitrogens with zero attached hydrogens (tertiary/aromatic N) is 2. The molecule has 1 aromatic heterocycles. The largest absolute Gasteiger partial charge is 0.340 e. The van der Waals surface area contributed by atoms with Gasteiger partial charge in [-0.05, 0) is 17.7 Å². The molecule has 0 spiro atoms. The fraction of sp³-hybridized carbons (Fsp3) is 0.294. The molecule has 5 nitrogen and oxygen atoms in total. The fourth-order valence-electron chi connectivity index (χ4n) is 2.77. The van der Waals surface area contributed by atoms with E-state index < -0.39 is 0 Å². The van der Waals surface area contributed by atoms with E-state index in [2.05, 4.69) is 4.98 Å². The van der Waals surface area contributed by atoms with Crippen molar-refractivity contribution < 1.29 is 14.0 Å². The van der Waals surface area contributed by atoms with E-state index >= 15 is 0 Å². The van der Waals surface area contributed by atoms with Crippen molar-refractivity contribution in [1.82, 2.24) is 14.8 Å². The summed E-state index contributed by atoms with van der Waals surface area (Å²) in [6.07, 6.45) is 0.0163. The van der Waals surface area contributed by atoms with Gasteiger partial charge in [0.2, 0.25) is 5.91 Å². The number of H-pyrrole nitrogens is 1. The second kappa shape index (κ2) is 7.45. The summed E-state index contributed by atoms with van der Waals surface area (Å²) in [4.78, 5) is 30.7. The van der Waals surface area contributed by atoms with E-state index in [0.29, 0.717) is 42.5 Å². The molecule has 0 bridgehead atoms. The molecule has 0 aliphatic carbocycles. The molecule has 1 aliphatic heterocycles. The number of benzene rings is 1. The zero-order valence-electron chi connectivity index (χ0n) is 13.3. The van der Waals surface area contributed by atoms with Crippen LogP contribution in [0.3, 0.4) is 0 Å². The van der Waals surface area contributed by atoms with Crippen molar-refractivity contribution in [3.8, 4) is 0 Å². The number of amides is 2. The van der Waals surface area contributed by atoms with Crippen LogP contribution in [0.25, 0.3) is 0 Å². The van der Waals surface area contributed by atoms with Gasteiger partial charge in [-0.3, -0.25) is 9.59 Å². The zero-order chi connectivity index (χ0) is 18.0. The van der Waals surface area contributed by atoms with E-state index in [0.717, 1.165) is 0 Å². The molecule has 2 aromatic rings. The average molecular weight is 384 g/mol. The number of carbonyl (C=O) groups excluding carboxylic acids is 2. The van der Waals surface area contributed by atoms with E-state index in [9.17, 15) is 14.0 Å². The summed E-state index contributed by atoms with van der Waals surface area (Å²) in [5, 5.41) is 0.521. The third-order valence-electron chi connectivity index (χ3n) is 4.17. The Morgan fingerprint density at radius 3 is 2.32 bits per heavy atom. The summed E-state index contributed by atoms with van der Waals surface area (Å²) in [6.45, 7) is 1.61. The number of rotatable bonds is 3. The van der Waals surface area contributed by atoms with Gasteiger partial charge in [0, 0.05) is 26.2 Å². The fourth-order valence-corrected chi connectivity index (χ4v) is 3.08. The lowest BCUT2D eigenvalue weighted by Gasteiger charge is -2.34. The van der Waals surface area contributed by atoms with Gasteiger partial charge < -0.3 is 14.8 Å². The number of hydrogen-bond acceptors (Lipinski definition) is 2. The van der Waals surface area contributed by atoms with Crippen molar-refractivity contribution in [2.45, 2.75) is 6.42 Å². The first kappa shape index (κ1) is 17.8. The minimum atomic E-state index is -0.384. The third-order valence-corrected chi connectivity index (χ3v) is 4.87. The number of aromatic amines is 1. The summed E-state index contributed by atoms with van der Waals surface area (Å²) >= 11 is 11.7. The number of halogens is 3. The molecule has 2 amide bonds. The molecule has 0 radical (unpaired) electrons. The van der Waals surface area contributed by atoms with Crippen LogP contribution in [0.5, 0.6) is 0 Å². The monoisotopic (exact) mass is 383 g/mol. The second-order valence-corrected chi connectivity index (χ2v) is 6.57. The number of hydrogen-bond donors (Lipinski definition) is 1. The van der Waals surface area contributed by atoms with E-state index in [1.807, 2.05) is 0 Å². The number of aromatic nitrogens is 1. The van der Waals surface area contributed by atoms with Crippen molar-refractivity contribution in [2.24, 2.45) is 0 Å². The lowest BCUT2D eigenvalue weighted by Crippen LogP contribution is -2.51. The van der Waals surface area contributed by atoms with E-state index in [1.165, 1.54) is 12.1 Å². The van der Waals surface area contributed by atoms with Crippen molar-refractivity contribution >= 4 is 35.0 Å². The maximum atomic E-state index is 13.7. The molecule has 1 N–H and O–H groups in total. The van der Waals surface area contributed by atoms with Crippen molar-refractivity contribution in [1.29, 1.82) is 0 Å². The van der Waals surface area contributed by atoms with Gasteiger partial charge in [0.25, 0.3) is 5.91 Å². The predicted molar refractivity (Wildman–Crippen MR) is 93.4 cm³/mol. The van der Waals surface area contributed by atoms with Crippen LogP contribution in [-0.4, -0.2) is 52.8 Å². The molecule has 0 unspecified atom stereocenters. The average Bonchev–Trinajstić information content (AvgIpc) is 2.95. The van der Waals surface area contributed by atoms with Crippen LogP contribution < -0.4 is 0 Å². The highest BCUT2D eigenvalue weighted by atomic mass is 35.5. The Bertz CT molecular complexity index is 781. The van der Waals surface area contributed by atoms with Crippen molar-refractivity contribution in [2.75, 3.05) is 26.2 Å². The highest BCUT2D eigenvalue weighted by molar-refractivity contribution is 6.41. The highest BCUT2D eigenvalue weighted by Gasteiger charge is 2.26. The number of piperazine rings is 1. The first-order valence-electron chi connectivity index (χ1n) is 7.80. The van der Waals surface area contributed by atoms with Gasteiger partial charge in [0.05, 0.1) is 11.4 Å². The Balaban J connectivity index is 1.57. The highest BCUT2D eigenvalue weighted by Crippen LogP contribution is 2.23. The minimum absolute atomic E-state index is 0.0163. The van der Waals surface area contributed by atoms with E-state index in [-0.39, 0.29) is 29.2 Å². The van der Waals surface area contributed by atoms with Crippen LogP contribution in [0, 0.1) is 5.82 Å². The maximum Gasteiger partial charge on any atom is 0.270 e. The lowest BCUT2D eigenvalue weighted by atomic mass is 10.1. The Labute approximate surface area is 154 Å². The van der Waals surface area contributed by atoms with Gasteiger partial charge in [-0.15, -0.1) is 0 Å². The first-order chi connectivity index (χ1) is 12.0. The topological polar surface area (TPSA) is 56.4 Å². The number of carbonyl (C=O) groups is 2. The summed E-state index contributed by atoms with van der Waals surface area (Å²) < 4.78 is 13.7. The molecule has 132 valence electrons. The van der Waals surface area contributed by atoms with Gasteiger partial charge in [0.1, 0.15) is 16.7 Å². The molecule has 0 atom stereocenters. The van der Waals surface area contributed by atoms with Crippen molar-refractivity contribution in [3.63, 3.8) is 0 Å². The summed E-state index contributed by atoms with van der Waals surface area (Å²) in [5.74, 6) is -0.747. The van der Waals surface area contributed by atoms with Crippen LogP contribution in [0.1, 0.15) is 16.1 Å². The Morgan fingerprint density at radius 2 is 1.72 bits per heavy atom. The molecule has 25 heavy (non-hydrogen) atoms. The lowest BCUT2D eigenvalue weighted by molar-refractivity contribution is -0.132. The van der Waals surface area contributed by atoms with Crippen LogP contribution in [0.4, 0.5) is 4.39 Å². The van der Waals surface area contributed by atoms with Gasteiger partial charge in [0.15, 0.2) is 0 Å². The molecule has 1 fully saturated rings. The van der Waals surface area contributed by atoms with Gasteiger partial charge in [-0.1, -0.05) is 41.4 Å². The Morgan fingerprint density at radius 1 is 1.08 bits per heavy atom. The molecule has 1 aromatic carbocycles. The van der Waals surface area contributed by atoms with Gasteiger partial charge >= 0.3 is 0 Å². The molecular weight excluding hydrogens is 368 g/mol. The van der Waals surface area contributed by atoms with E-state index in [1.54, 1.807) is 28.0 Å². The number of nitrogens with one attached hydrogen (secondary N) is 1. The maximum absolute atomic E-state index is 13.7. The summed E-state index contributed by atoms with van der Waals surface area (Å²) in [7, 11) is 0. The SMILES string of the molecule is O=C(Cc1ccccc1F)N1CCN(C(=O)c2cc(Cl)c(Cl)[nH]2)CC1. The van der Waals surface area contributed by atoms with Gasteiger partial charge in [-0.2, -0.15) is 0 Å². The van der Waals surface area contributed by atoms with Crippen LogP contribution >= 0.6 is 23.2 Å². The molecule has 1 saturated heterocycles. The predicted octanol–water partition coefficient (Wildman–Crippen LogP) is 2.99. The van der Waals surface area contributed by atoms with Gasteiger partial charge in [-0.25, -0.2) is 4.39 Å². The normalized spacial score (nSPS) is 14.7. The second-order valence-electron chi connectivity index (χ2n) is 5.79. The standard InChI is InChI=1S/C17H16Cl2FN3O2/c18-12-10-14(21-16(12)19)17(25)23-7-5-22(6-8-23)15(24)9-11-3-1-2-4-13(11)20/h1-4,10,21H,5-9H2. The zero-order valence-corrected chi connectivity index (χ0v) is 14.8. The van der Waals surface area contributed by atoms with Crippen LogP contribution in [0.2, 0.25) is 10.2 Å². The van der Waals surface area contributed by atoms with E-state index in [4.69, 9.17) is 23.2 Å². The third kappa shape index (κ3) is 3.96. The Kier molecular flexibility index (Phi) is 5.30. The smallest absolute Gasteiger partial charge is 0.270 e. The summed E-state index contributed by atoms with van der Waals surface area (Å²) in [6, 6.07) is 7.72. The molecule has 2 heterocycles. The quantitative estimate of drug-likeness (QED) is 0.885. The summed E-state index contributed by atoms with van der Waals surface area (Å²) in [5.41, 5.74) is 0.697. The van der Waals surface area contributed by atoms with Crippen LogP contribution in [0.15, 0.2) is 30.3 Å². The Hall–Kier alpha value is -2.05.